The molecule has 1 rings (SSSR count). The molecular formula is C5H6N2O2S. The van der Waals surface area contributed by atoms with Crippen LogP contribution in [0.25, 0.3) is 0 Å². The van der Waals surface area contributed by atoms with Crippen molar-refractivity contribution in [3.05, 3.63) is 11.4 Å². The zero-order valence-electron chi connectivity index (χ0n) is 5.62. The van der Waals surface area contributed by atoms with Crippen LogP contribution in [0.15, 0.2) is 0 Å². The molecule has 54 valence electrons. The number of rotatable bonds is 1. The summed E-state index contributed by atoms with van der Waals surface area (Å²) in [6.45, 7) is 1.72. The Morgan fingerprint density at radius 2 is 2.30 bits per heavy atom. The molecule has 0 N–H and O–H groups in total. The lowest BCUT2D eigenvalue weighted by atomic mass is 10.3. The fourth-order valence-corrected chi connectivity index (χ4v) is 1.05. The molecule has 0 saturated carbocycles. The maximum atomic E-state index is 10.8. The molecule has 0 atom stereocenters. The minimum atomic E-state index is -0.425. The predicted molar refractivity (Wildman–Crippen MR) is 36.0 cm³/mol. The van der Waals surface area contributed by atoms with Crippen LogP contribution in [-0.4, -0.2) is 21.8 Å². The van der Waals surface area contributed by atoms with Gasteiger partial charge in [0, 0.05) is 0 Å². The van der Waals surface area contributed by atoms with Gasteiger partial charge >= 0.3 is 5.97 Å². The smallest absolute Gasteiger partial charge is 0.359 e. The molecule has 0 aromatic carbocycles. The van der Waals surface area contributed by atoms with Gasteiger partial charge in [-0.25, -0.2) is 4.79 Å². The average Bonchev–Trinajstić information content (AvgIpc) is 2.34. The first-order chi connectivity index (χ1) is 4.75. The first-order valence-corrected chi connectivity index (χ1v) is 3.36. The predicted octanol–water partition coefficient (Wildman–Crippen LogP) is 0.633. The molecule has 0 amide bonds. The van der Waals surface area contributed by atoms with Crippen molar-refractivity contribution in [1.29, 1.82) is 0 Å². The Morgan fingerprint density at radius 3 is 2.70 bits per heavy atom. The van der Waals surface area contributed by atoms with E-state index in [0.717, 1.165) is 11.7 Å². The van der Waals surface area contributed by atoms with Gasteiger partial charge in [-0.05, 0) is 6.92 Å². The monoisotopic (exact) mass is 158 g/mol. The molecule has 0 aliphatic rings. The van der Waals surface area contributed by atoms with Gasteiger partial charge in [-0.1, -0.05) is 0 Å². The molecule has 1 aromatic rings. The van der Waals surface area contributed by atoms with E-state index in [9.17, 15) is 4.79 Å². The number of esters is 1. The summed E-state index contributed by atoms with van der Waals surface area (Å²) in [4.78, 5) is 10.8. The van der Waals surface area contributed by atoms with Crippen molar-refractivity contribution in [3.8, 4) is 0 Å². The van der Waals surface area contributed by atoms with E-state index >= 15 is 0 Å². The Labute approximate surface area is 62.2 Å². The zero-order chi connectivity index (χ0) is 7.56. The highest BCUT2D eigenvalue weighted by Gasteiger charge is 2.12. The van der Waals surface area contributed by atoms with Gasteiger partial charge in [0.25, 0.3) is 0 Å². The van der Waals surface area contributed by atoms with Crippen LogP contribution < -0.4 is 0 Å². The van der Waals surface area contributed by atoms with Gasteiger partial charge in [0.2, 0.25) is 0 Å². The zero-order valence-corrected chi connectivity index (χ0v) is 6.44. The largest absolute Gasteiger partial charge is 0.464 e. The van der Waals surface area contributed by atoms with Crippen LogP contribution in [-0.2, 0) is 4.74 Å². The number of aromatic nitrogens is 2. The lowest BCUT2D eigenvalue weighted by Gasteiger charge is -1.91. The molecule has 0 bridgehead atoms. The fourth-order valence-electron chi connectivity index (χ4n) is 0.513. The summed E-state index contributed by atoms with van der Waals surface area (Å²) in [7, 11) is 1.32. The van der Waals surface area contributed by atoms with Crippen LogP contribution in [0.1, 0.15) is 16.2 Å². The highest BCUT2D eigenvalue weighted by Crippen LogP contribution is 2.04. The van der Waals surface area contributed by atoms with Crippen molar-refractivity contribution in [2.45, 2.75) is 6.92 Å². The maximum Gasteiger partial charge on any atom is 0.359 e. The summed E-state index contributed by atoms with van der Waals surface area (Å²) in [5, 5.41) is 0. The van der Waals surface area contributed by atoms with E-state index in [1.807, 2.05) is 0 Å². The minimum absolute atomic E-state index is 0.313. The fraction of sp³-hybridized carbons (Fsp3) is 0.400. The Bertz CT molecular complexity index is 246. The third-order valence-electron chi connectivity index (χ3n) is 1.03. The lowest BCUT2D eigenvalue weighted by molar-refractivity contribution is 0.0594. The van der Waals surface area contributed by atoms with Gasteiger partial charge in [-0.3, -0.25) is 0 Å². The van der Waals surface area contributed by atoms with Crippen molar-refractivity contribution in [2.75, 3.05) is 7.11 Å². The summed E-state index contributed by atoms with van der Waals surface area (Å²) in [6, 6.07) is 0. The first kappa shape index (κ1) is 7.14. The number of nitrogens with zero attached hydrogens (tertiary/aromatic N) is 2. The third kappa shape index (κ3) is 1.13. The summed E-state index contributed by atoms with van der Waals surface area (Å²) in [5.41, 5.74) is 0.935. The third-order valence-corrected chi connectivity index (χ3v) is 1.65. The van der Waals surface area contributed by atoms with Crippen LogP contribution >= 0.6 is 11.7 Å². The summed E-state index contributed by atoms with van der Waals surface area (Å²) in [6.07, 6.45) is 0. The quantitative estimate of drug-likeness (QED) is 0.562. The van der Waals surface area contributed by atoms with Gasteiger partial charge in [0.05, 0.1) is 24.5 Å². The highest BCUT2D eigenvalue weighted by molar-refractivity contribution is 6.99. The second-order valence-corrected chi connectivity index (χ2v) is 2.22. The Balaban J connectivity index is 2.93. The number of methoxy groups -OCH3 is 1. The molecule has 0 spiro atoms. The van der Waals surface area contributed by atoms with Crippen molar-refractivity contribution in [3.63, 3.8) is 0 Å². The van der Waals surface area contributed by atoms with E-state index in [4.69, 9.17) is 0 Å². The van der Waals surface area contributed by atoms with E-state index in [0.29, 0.717) is 11.4 Å². The van der Waals surface area contributed by atoms with Crippen molar-refractivity contribution >= 4 is 17.7 Å². The summed E-state index contributed by atoms with van der Waals surface area (Å²) >= 11 is 1.01. The van der Waals surface area contributed by atoms with Gasteiger partial charge in [0.1, 0.15) is 0 Å². The molecule has 0 radical (unpaired) electrons. The molecule has 1 aromatic heterocycles. The van der Waals surface area contributed by atoms with Crippen LogP contribution in [0.3, 0.4) is 0 Å². The molecule has 5 heteroatoms. The standard InChI is InChI=1S/C5H6N2O2S/c1-3-4(5(8)9-2)7-10-6-3/h1-2H3. The molecule has 10 heavy (non-hydrogen) atoms. The van der Waals surface area contributed by atoms with Crippen LogP contribution in [0.4, 0.5) is 0 Å². The number of aryl methyl sites for hydroxylation is 1. The van der Waals surface area contributed by atoms with Gasteiger partial charge < -0.3 is 4.74 Å². The second kappa shape index (κ2) is 2.74. The van der Waals surface area contributed by atoms with Gasteiger partial charge in [0.15, 0.2) is 5.69 Å². The van der Waals surface area contributed by atoms with Crippen LogP contribution in [0, 0.1) is 6.92 Å². The molecule has 1 heterocycles. The lowest BCUT2D eigenvalue weighted by Crippen LogP contribution is -2.02. The first-order valence-electron chi connectivity index (χ1n) is 2.63. The normalized spacial score (nSPS) is 9.40. The minimum Gasteiger partial charge on any atom is -0.464 e. The van der Waals surface area contributed by atoms with Gasteiger partial charge in [-0.2, -0.15) is 8.75 Å². The molecule has 0 fully saturated rings. The average molecular weight is 158 g/mol. The van der Waals surface area contributed by atoms with E-state index in [2.05, 4.69) is 13.5 Å². The van der Waals surface area contributed by atoms with Crippen LogP contribution in [0.2, 0.25) is 0 Å². The molecule has 4 nitrogen and oxygen atoms in total. The van der Waals surface area contributed by atoms with E-state index in [1.54, 1.807) is 6.92 Å². The molecular weight excluding hydrogens is 152 g/mol. The number of ether oxygens (including phenoxy) is 1. The molecule has 0 unspecified atom stereocenters. The van der Waals surface area contributed by atoms with Crippen molar-refractivity contribution in [1.82, 2.24) is 8.75 Å². The van der Waals surface area contributed by atoms with E-state index < -0.39 is 5.97 Å². The maximum absolute atomic E-state index is 10.8. The van der Waals surface area contributed by atoms with Crippen LogP contribution in [0.5, 0.6) is 0 Å². The summed E-state index contributed by atoms with van der Waals surface area (Å²) in [5.74, 6) is -0.425. The summed E-state index contributed by atoms with van der Waals surface area (Å²) < 4.78 is 12.0. The van der Waals surface area contributed by atoms with E-state index in [-0.39, 0.29) is 0 Å². The number of hydrogen-bond donors (Lipinski definition) is 0. The Kier molecular flexibility index (Phi) is 1.96. The highest BCUT2D eigenvalue weighted by atomic mass is 32.1. The molecule has 0 aliphatic carbocycles. The number of hydrogen-bond acceptors (Lipinski definition) is 5. The molecule has 0 aliphatic heterocycles. The van der Waals surface area contributed by atoms with E-state index in [1.165, 1.54) is 7.11 Å². The Hall–Kier alpha value is -0.970. The number of carbonyl (C=O) groups is 1. The topological polar surface area (TPSA) is 52.1 Å². The van der Waals surface area contributed by atoms with Crippen molar-refractivity contribution < 1.29 is 9.53 Å². The van der Waals surface area contributed by atoms with Gasteiger partial charge in [-0.15, -0.1) is 0 Å². The van der Waals surface area contributed by atoms with Crippen molar-refractivity contribution in [2.24, 2.45) is 0 Å². The molecule has 0 saturated heterocycles. The SMILES string of the molecule is COC(=O)c1nsnc1C. The Morgan fingerprint density at radius 1 is 1.60 bits per heavy atom. The number of carbonyl (C=O) groups excluding carboxylic acids is 1. The second-order valence-electron chi connectivity index (χ2n) is 1.69.